The van der Waals surface area contributed by atoms with Crippen molar-refractivity contribution in [1.82, 2.24) is 4.90 Å². The van der Waals surface area contributed by atoms with Gasteiger partial charge in [-0.25, -0.2) is 4.39 Å². The molecule has 0 saturated carbocycles. The third-order valence-corrected chi connectivity index (χ3v) is 6.84. The average molecular weight is 423 g/mol. The van der Waals surface area contributed by atoms with Gasteiger partial charge in [0.15, 0.2) is 0 Å². The zero-order valence-electron chi connectivity index (χ0n) is 17.6. The van der Waals surface area contributed by atoms with Crippen molar-refractivity contribution in [3.8, 4) is 5.75 Å². The number of carbonyl (C=O) groups excluding carboxylic acids is 1. The maximum absolute atomic E-state index is 14.1. The van der Waals surface area contributed by atoms with E-state index in [1.54, 1.807) is 6.07 Å². The maximum atomic E-state index is 14.1. The maximum Gasteiger partial charge on any atom is 0.226 e. The molecule has 0 spiro atoms. The molecule has 0 aliphatic carbocycles. The van der Waals surface area contributed by atoms with E-state index in [4.69, 9.17) is 15.6 Å². The molecule has 162 valence electrons. The van der Waals surface area contributed by atoms with Gasteiger partial charge >= 0.3 is 0 Å². The Morgan fingerprint density at radius 2 is 1.94 bits per heavy atom. The van der Waals surface area contributed by atoms with Crippen molar-refractivity contribution in [2.75, 3.05) is 31.8 Å². The van der Waals surface area contributed by atoms with Crippen molar-refractivity contribution < 1.29 is 13.9 Å². The number of benzene rings is 2. The molecule has 2 unspecified atom stereocenters. The Bertz CT molecular complexity index is 1000. The van der Waals surface area contributed by atoms with Crippen LogP contribution in [-0.2, 0) is 4.79 Å². The van der Waals surface area contributed by atoms with E-state index < -0.39 is 5.92 Å². The molecule has 3 aliphatic rings. The average Bonchev–Trinajstić information content (AvgIpc) is 3.15. The first-order chi connectivity index (χ1) is 15.0. The van der Waals surface area contributed by atoms with Crippen molar-refractivity contribution in [2.24, 2.45) is 22.7 Å². The number of likely N-dealkylation sites (tertiary alicyclic amines) is 1. The minimum Gasteiger partial charge on any atom is -0.489 e. The summed E-state index contributed by atoms with van der Waals surface area (Å²) in [5, 5.41) is 6.80. The summed E-state index contributed by atoms with van der Waals surface area (Å²) in [6, 6.07) is 14.4. The monoisotopic (exact) mass is 422 g/mol. The van der Waals surface area contributed by atoms with E-state index in [2.05, 4.69) is 24.1 Å². The number of piperidine rings is 1. The second-order valence-electron chi connectivity index (χ2n) is 8.77. The van der Waals surface area contributed by atoms with E-state index in [0.29, 0.717) is 18.0 Å². The predicted octanol–water partition coefficient (Wildman–Crippen LogP) is 2.99. The smallest absolute Gasteiger partial charge is 0.226 e. The number of primary amides is 1. The van der Waals surface area contributed by atoms with Gasteiger partial charge in [-0.1, -0.05) is 30.3 Å². The zero-order chi connectivity index (χ0) is 21.5. The molecule has 7 heteroatoms. The Morgan fingerprint density at radius 3 is 2.65 bits per heavy atom. The van der Waals surface area contributed by atoms with Crippen LogP contribution in [0.4, 0.5) is 10.1 Å². The zero-order valence-corrected chi connectivity index (χ0v) is 17.6. The van der Waals surface area contributed by atoms with Gasteiger partial charge in [-0.2, -0.15) is 5.10 Å². The second-order valence-corrected chi connectivity index (χ2v) is 8.77. The van der Waals surface area contributed by atoms with E-state index in [1.807, 2.05) is 23.2 Å². The highest BCUT2D eigenvalue weighted by Crippen LogP contribution is 2.45. The second kappa shape index (κ2) is 7.96. The molecule has 1 fully saturated rings. The molecule has 0 bridgehead atoms. The van der Waals surface area contributed by atoms with E-state index in [-0.39, 0.29) is 29.6 Å². The normalized spacial score (nSPS) is 24.7. The summed E-state index contributed by atoms with van der Waals surface area (Å²) >= 11 is 0. The quantitative estimate of drug-likeness (QED) is 0.822. The molecule has 31 heavy (non-hydrogen) atoms. The van der Waals surface area contributed by atoms with Crippen LogP contribution in [0.3, 0.4) is 0 Å². The first kappa shape index (κ1) is 20.0. The Labute approximate surface area is 181 Å². The molecular weight excluding hydrogens is 395 g/mol. The minimum atomic E-state index is -0.457. The van der Waals surface area contributed by atoms with E-state index in [1.165, 1.54) is 12.1 Å². The number of ether oxygens (including phenoxy) is 1. The summed E-state index contributed by atoms with van der Waals surface area (Å²) in [6.45, 7) is 2.27. The molecular formula is C24H27FN4O2. The molecule has 1 saturated heterocycles. The molecule has 2 aromatic carbocycles. The number of hydrogen-bond donors (Lipinski definition) is 1. The van der Waals surface area contributed by atoms with Crippen LogP contribution in [0.2, 0.25) is 0 Å². The van der Waals surface area contributed by atoms with E-state index in [9.17, 15) is 9.18 Å². The summed E-state index contributed by atoms with van der Waals surface area (Å²) in [7, 11) is 2.10. The first-order valence-electron chi connectivity index (χ1n) is 10.9. The molecule has 3 atom stereocenters. The van der Waals surface area contributed by atoms with Gasteiger partial charge in [0.1, 0.15) is 23.9 Å². The molecule has 5 rings (SSSR count). The van der Waals surface area contributed by atoms with Gasteiger partial charge in [-0.05, 0) is 56.6 Å². The fraction of sp³-hybridized carbons (Fsp3) is 0.417. The molecule has 0 radical (unpaired) electrons. The fourth-order valence-corrected chi connectivity index (χ4v) is 5.26. The van der Waals surface area contributed by atoms with Crippen LogP contribution in [0.1, 0.15) is 24.3 Å². The van der Waals surface area contributed by atoms with Crippen LogP contribution in [0.25, 0.3) is 0 Å². The molecule has 6 nitrogen and oxygen atoms in total. The Morgan fingerprint density at radius 1 is 1.19 bits per heavy atom. The first-order valence-corrected chi connectivity index (χ1v) is 10.9. The lowest BCUT2D eigenvalue weighted by Gasteiger charge is -2.35. The number of halogens is 1. The fourth-order valence-electron chi connectivity index (χ4n) is 5.26. The third kappa shape index (κ3) is 3.57. The topological polar surface area (TPSA) is 71.2 Å². The number of hydrogen-bond acceptors (Lipinski definition) is 5. The molecule has 2 aromatic rings. The highest BCUT2D eigenvalue weighted by atomic mass is 19.1. The van der Waals surface area contributed by atoms with Crippen LogP contribution < -0.4 is 15.5 Å². The van der Waals surface area contributed by atoms with Crippen molar-refractivity contribution in [2.45, 2.75) is 24.8 Å². The van der Waals surface area contributed by atoms with Gasteiger partial charge < -0.3 is 15.4 Å². The summed E-state index contributed by atoms with van der Waals surface area (Å²) in [5.41, 5.74) is 8.43. The molecule has 3 aliphatic heterocycles. The number of carbonyl (C=O) groups is 1. The van der Waals surface area contributed by atoms with Crippen LogP contribution in [0.5, 0.6) is 5.75 Å². The van der Waals surface area contributed by atoms with Crippen molar-refractivity contribution in [3.05, 3.63) is 59.9 Å². The lowest BCUT2D eigenvalue weighted by molar-refractivity contribution is -0.121. The summed E-state index contributed by atoms with van der Waals surface area (Å²) in [6.07, 6.45) is 1.80. The number of anilines is 1. The Kier molecular flexibility index (Phi) is 5.14. The SMILES string of the molecule is CN1CCC(C(C(N)=O)C2=NN3c4cc(F)ccc4OCC3[C@H]2c2ccccc2)CC1. The van der Waals surface area contributed by atoms with Crippen molar-refractivity contribution >= 4 is 17.3 Å². The third-order valence-electron chi connectivity index (χ3n) is 6.84. The van der Waals surface area contributed by atoms with Crippen molar-refractivity contribution in [1.29, 1.82) is 0 Å². The van der Waals surface area contributed by atoms with Gasteiger partial charge in [0.05, 0.1) is 23.6 Å². The number of nitrogens with two attached hydrogens (primary N) is 1. The standard InChI is InChI=1S/C24H27FN4O2/c1-28-11-9-16(10-12-28)22(24(26)30)23-21(15-5-3-2-4-6-15)19-14-31-20-8-7-17(25)13-18(20)29(19)27-23/h2-8,13,16,19,21-22H,9-12,14H2,1H3,(H2,26,30)/t19?,21-,22?/m1/s1. The minimum absolute atomic E-state index is 0.144. The van der Waals surface area contributed by atoms with Crippen LogP contribution >= 0.6 is 0 Å². The predicted molar refractivity (Wildman–Crippen MR) is 118 cm³/mol. The van der Waals surface area contributed by atoms with Gasteiger partial charge in [0.25, 0.3) is 0 Å². The van der Waals surface area contributed by atoms with Crippen LogP contribution in [0, 0.1) is 17.7 Å². The summed E-state index contributed by atoms with van der Waals surface area (Å²) in [5.74, 6) is -0.535. The number of amides is 1. The summed E-state index contributed by atoms with van der Waals surface area (Å²) in [4.78, 5) is 15.0. The lowest BCUT2D eigenvalue weighted by Crippen LogP contribution is -2.45. The molecule has 2 N–H and O–H groups in total. The number of hydrazone groups is 1. The summed E-state index contributed by atoms with van der Waals surface area (Å²) < 4.78 is 20.1. The Balaban J connectivity index is 1.60. The highest BCUT2D eigenvalue weighted by molar-refractivity contribution is 6.09. The van der Waals surface area contributed by atoms with E-state index in [0.717, 1.165) is 37.2 Å². The van der Waals surface area contributed by atoms with E-state index >= 15 is 0 Å². The van der Waals surface area contributed by atoms with Gasteiger partial charge in [0.2, 0.25) is 5.91 Å². The molecule has 3 heterocycles. The van der Waals surface area contributed by atoms with Crippen LogP contribution in [-0.4, -0.2) is 49.3 Å². The molecule has 1 amide bonds. The number of rotatable bonds is 4. The van der Waals surface area contributed by atoms with Gasteiger partial charge in [-0.15, -0.1) is 0 Å². The highest BCUT2D eigenvalue weighted by Gasteiger charge is 2.48. The number of nitrogens with zero attached hydrogens (tertiary/aromatic N) is 3. The number of fused-ring (bicyclic) bond motifs is 3. The van der Waals surface area contributed by atoms with Gasteiger partial charge in [0, 0.05) is 6.07 Å². The molecule has 0 aromatic heterocycles. The van der Waals surface area contributed by atoms with Crippen LogP contribution in [0.15, 0.2) is 53.6 Å². The lowest BCUT2D eigenvalue weighted by atomic mass is 9.74. The Hall–Kier alpha value is -2.93. The van der Waals surface area contributed by atoms with Crippen molar-refractivity contribution in [3.63, 3.8) is 0 Å². The van der Waals surface area contributed by atoms with Gasteiger partial charge in [-0.3, -0.25) is 9.80 Å². The largest absolute Gasteiger partial charge is 0.489 e.